The monoisotopic (exact) mass is 380 g/mol. The molecular weight excluding hydrogens is 350 g/mol. The Morgan fingerprint density at radius 2 is 1.23 bits per heavy atom. The Labute approximate surface area is 163 Å². The number of hydrogen-bond donors (Lipinski definition) is 0. The summed E-state index contributed by atoms with van der Waals surface area (Å²) in [6.07, 6.45) is 1.08. The molecule has 0 amide bonds. The first kappa shape index (κ1) is 19.5. The van der Waals surface area contributed by atoms with E-state index in [2.05, 4.69) is 99.3 Å². The molecule has 0 saturated carbocycles. The number of benzene rings is 2. The van der Waals surface area contributed by atoms with E-state index in [0.717, 1.165) is 6.42 Å². The Hall–Kier alpha value is -1.22. The lowest BCUT2D eigenvalue weighted by Gasteiger charge is -2.38. The zero-order chi connectivity index (χ0) is 19.1. The molecule has 1 aliphatic rings. The van der Waals surface area contributed by atoms with Gasteiger partial charge in [-0.2, -0.15) is 0 Å². The lowest BCUT2D eigenvalue weighted by atomic mass is 9.79. The predicted octanol–water partition coefficient (Wildman–Crippen LogP) is 7.06. The minimum Gasteiger partial charge on any atom is -0.122 e. The molecule has 2 heteroatoms. The van der Waals surface area contributed by atoms with E-state index in [4.69, 9.17) is 0 Å². The van der Waals surface area contributed by atoms with Crippen LogP contribution in [0.1, 0.15) is 56.4 Å². The molecule has 0 N–H and O–H groups in total. The van der Waals surface area contributed by atoms with Crippen LogP contribution in [0.5, 0.6) is 0 Å². The summed E-state index contributed by atoms with van der Waals surface area (Å²) in [4.78, 5) is 0. The molecule has 0 bridgehead atoms. The smallest absolute Gasteiger partial charge is 0.0359 e. The molecule has 0 saturated heterocycles. The van der Waals surface area contributed by atoms with E-state index < -0.39 is 0 Å². The second-order valence-electron chi connectivity index (χ2n) is 8.10. The van der Waals surface area contributed by atoms with E-state index in [0.29, 0.717) is 0 Å². The van der Waals surface area contributed by atoms with Crippen molar-refractivity contribution in [1.82, 2.24) is 0 Å². The van der Waals surface area contributed by atoms with Crippen LogP contribution in [0.15, 0.2) is 59.7 Å². The van der Waals surface area contributed by atoms with Crippen LogP contribution < -0.4 is 0 Å². The molecule has 1 aliphatic heterocycles. The maximum absolute atomic E-state index is 3.23. The summed E-state index contributed by atoms with van der Waals surface area (Å²) in [6, 6.07) is 18.2. The van der Waals surface area contributed by atoms with Crippen LogP contribution in [0.25, 0.3) is 0 Å². The van der Waals surface area contributed by atoms with Gasteiger partial charge in [0, 0.05) is 10.3 Å². The van der Waals surface area contributed by atoms with Crippen molar-refractivity contribution in [3.63, 3.8) is 0 Å². The van der Waals surface area contributed by atoms with Crippen molar-refractivity contribution in [3.8, 4) is 0 Å². The first-order valence-electron chi connectivity index (χ1n) is 9.34. The summed E-state index contributed by atoms with van der Waals surface area (Å²) in [5, 5.41) is 1.60. The largest absolute Gasteiger partial charge is 0.122 e. The van der Waals surface area contributed by atoms with Gasteiger partial charge in [-0.3, -0.25) is 0 Å². The molecule has 0 radical (unpaired) electrons. The zero-order valence-corrected chi connectivity index (χ0v) is 18.9. The van der Waals surface area contributed by atoms with Crippen molar-refractivity contribution in [2.75, 3.05) is 0 Å². The summed E-state index contributed by atoms with van der Waals surface area (Å²) < 4.78 is 0. The normalized spacial score (nSPS) is 21.1. The van der Waals surface area contributed by atoms with Gasteiger partial charge in [-0.1, -0.05) is 73.4 Å². The quantitative estimate of drug-likeness (QED) is 0.498. The number of hydrogen-bond acceptors (Lipinski definition) is 0. The lowest BCUT2D eigenvalue weighted by molar-refractivity contribution is 0.567. The van der Waals surface area contributed by atoms with Crippen LogP contribution in [0.3, 0.4) is 0 Å². The van der Waals surface area contributed by atoms with Gasteiger partial charge in [0.2, 0.25) is 0 Å². The summed E-state index contributed by atoms with van der Waals surface area (Å²) in [7, 11) is 4.68. The van der Waals surface area contributed by atoms with Gasteiger partial charge in [0.25, 0.3) is 0 Å². The Bertz CT molecular complexity index is 824. The molecule has 3 rings (SSSR count). The van der Waals surface area contributed by atoms with E-state index in [1.807, 2.05) is 0 Å². The van der Waals surface area contributed by atoms with Crippen molar-refractivity contribution in [1.29, 1.82) is 0 Å². The third-order valence-corrected chi connectivity index (χ3v) is 8.61. The minimum atomic E-state index is -0.0880. The average molecular weight is 380 g/mol. The molecule has 26 heavy (non-hydrogen) atoms. The Morgan fingerprint density at radius 3 is 1.58 bits per heavy atom. The Morgan fingerprint density at radius 1 is 0.808 bits per heavy atom. The molecule has 2 aromatic carbocycles. The molecule has 0 fully saturated rings. The minimum absolute atomic E-state index is 0.0880. The van der Waals surface area contributed by atoms with Crippen LogP contribution in [0.2, 0.25) is 0 Å². The summed E-state index contributed by atoms with van der Waals surface area (Å²) in [5.74, 6) is 0. The highest BCUT2D eigenvalue weighted by Gasteiger charge is 2.41. The number of aryl methyl sites for hydroxylation is 2. The van der Waals surface area contributed by atoms with Crippen LogP contribution >= 0.6 is 17.4 Å². The van der Waals surface area contributed by atoms with Crippen LogP contribution in [-0.2, 0) is 5.16 Å². The summed E-state index contributed by atoms with van der Waals surface area (Å²) in [5.41, 5.74) is 8.42. The molecular formula is C24H30P2. The van der Waals surface area contributed by atoms with E-state index in [9.17, 15) is 0 Å². The van der Waals surface area contributed by atoms with Gasteiger partial charge in [0.15, 0.2) is 0 Å². The topological polar surface area (TPSA) is 0 Å². The SMILES string of the molecule is CC1=PC(C)(CC(P)(c2ccc(C)cc2)c2ccc(C)cc2)C(C)=C1C. The fourth-order valence-electron chi connectivity index (χ4n) is 4.00. The first-order chi connectivity index (χ1) is 12.2. The second-order valence-corrected chi connectivity index (χ2v) is 11.0. The zero-order valence-electron chi connectivity index (χ0n) is 16.9. The van der Waals surface area contributed by atoms with Crippen molar-refractivity contribution < 1.29 is 0 Å². The third kappa shape index (κ3) is 3.47. The first-order valence-corrected chi connectivity index (χ1v) is 10.8. The fourth-order valence-corrected chi connectivity index (χ4v) is 6.71. The van der Waals surface area contributed by atoms with Gasteiger partial charge in [-0.05, 0) is 70.0 Å². The lowest BCUT2D eigenvalue weighted by Crippen LogP contribution is -2.31. The molecule has 2 aromatic rings. The third-order valence-electron chi connectivity index (χ3n) is 6.08. The van der Waals surface area contributed by atoms with Crippen LogP contribution in [0, 0.1) is 13.8 Å². The van der Waals surface area contributed by atoms with Gasteiger partial charge in [0.05, 0.1) is 0 Å². The number of rotatable bonds is 4. The highest BCUT2D eigenvalue weighted by Crippen LogP contribution is 2.53. The average Bonchev–Trinajstić information content (AvgIpc) is 2.78. The van der Waals surface area contributed by atoms with Crippen molar-refractivity contribution in [2.45, 2.75) is 58.3 Å². The molecule has 0 aromatic heterocycles. The van der Waals surface area contributed by atoms with Crippen LogP contribution in [0.4, 0.5) is 0 Å². The van der Waals surface area contributed by atoms with Gasteiger partial charge in [0.1, 0.15) is 0 Å². The molecule has 136 valence electrons. The molecule has 0 nitrogen and oxygen atoms in total. The van der Waals surface area contributed by atoms with E-state index in [1.165, 1.54) is 41.3 Å². The Balaban J connectivity index is 2.13. The standard InChI is InChI=1S/C24H30P2/c1-16-7-11-21(12-8-16)24(25,22-13-9-17(2)10-14-22)15-23(6)19(4)18(3)20(5)26-23/h7-14H,15,25H2,1-6H3. The van der Waals surface area contributed by atoms with E-state index in [-0.39, 0.29) is 10.3 Å². The van der Waals surface area contributed by atoms with Gasteiger partial charge in [-0.25, -0.2) is 0 Å². The highest BCUT2D eigenvalue weighted by atomic mass is 31.1. The Kier molecular flexibility index (Phi) is 5.31. The predicted molar refractivity (Wildman–Crippen MR) is 122 cm³/mol. The van der Waals surface area contributed by atoms with Crippen molar-refractivity contribution in [2.24, 2.45) is 0 Å². The molecule has 2 atom stereocenters. The maximum atomic E-state index is 3.23. The molecule has 0 spiro atoms. The molecule has 0 aliphatic carbocycles. The van der Waals surface area contributed by atoms with Gasteiger partial charge >= 0.3 is 0 Å². The van der Waals surface area contributed by atoms with Crippen LogP contribution in [-0.4, -0.2) is 10.4 Å². The molecule has 1 heterocycles. The number of allylic oxidation sites excluding steroid dienone is 2. The van der Waals surface area contributed by atoms with E-state index >= 15 is 0 Å². The van der Waals surface area contributed by atoms with Crippen molar-refractivity contribution in [3.05, 3.63) is 81.9 Å². The maximum Gasteiger partial charge on any atom is 0.0359 e. The van der Waals surface area contributed by atoms with Gasteiger partial charge in [-0.15, -0.1) is 9.24 Å². The summed E-state index contributed by atoms with van der Waals surface area (Å²) in [6.45, 7) is 13.6. The van der Waals surface area contributed by atoms with Crippen molar-refractivity contribution >= 4 is 22.7 Å². The fraction of sp³-hybridized carbons (Fsp3) is 0.375. The second kappa shape index (κ2) is 7.07. The molecule has 2 unspecified atom stereocenters. The van der Waals surface area contributed by atoms with Gasteiger partial charge < -0.3 is 0 Å². The van der Waals surface area contributed by atoms with E-state index in [1.54, 1.807) is 5.57 Å². The highest BCUT2D eigenvalue weighted by molar-refractivity contribution is 7.44. The summed E-state index contributed by atoms with van der Waals surface area (Å²) >= 11 is 0.